The first-order valence-electron chi connectivity index (χ1n) is 4.98. The number of aromatic nitrogens is 2. The van der Waals surface area contributed by atoms with Gasteiger partial charge in [-0.05, 0) is 26.8 Å². The second kappa shape index (κ2) is 5.64. The van der Waals surface area contributed by atoms with Crippen molar-refractivity contribution in [2.75, 3.05) is 5.75 Å². The highest BCUT2D eigenvalue weighted by atomic mass is 32.2. The SMILES string of the molecule is CC(C)(C)OC(=O)CSc1nccc(C#N)n1. The van der Waals surface area contributed by atoms with E-state index < -0.39 is 5.60 Å². The van der Waals surface area contributed by atoms with Crippen LogP contribution < -0.4 is 0 Å². The molecule has 0 saturated heterocycles. The standard InChI is InChI=1S/C11H13N3O2S/c1-11(2,3)16-9(15)7-17-10-13-5-4-8(6-12)14-10/h4-5H,7H2,1-3H3. The number of hydrogen-bond acceptors (Lipinski definition) is 6. The first kappa shape index (κ1) is 13.5. The lowest BCUT2D eigenvalue weighted by Crippen LogP contribution is -2.24. The number of ether oxygens (including phenoxy) is 1. The molecule has 1 aromatic rings. The second-order valence-electron chi connectivity index (χ2n) is 4.21. The van der Waals surface area contributed by atoms with Gasteiger partial charge in [-0.2, -0.15) is 5.26 Å². The minimum absolute atomic E-state index is 0.131. The minimum atomic E-state index is -0.493. The van der Waals surface area contributed by atoms with Gasteiger partial charge in [-0.15, -0.1) is 0 Å². The molecule has 0 amide bonds. The number of thioether (sulfide) groups is 1. The molecule has 0 aliphatic carbocycles. The predicted octanol–water partition coefficient (Wildman–Crippen LogP) is 1.78. The largest absolute Gasteiger partial charge is 0.459 e. The number of hydrogen-bond donors (Lipinski definition) is 0. The predicted molar refractivity (Wildman–Crippen MR) is 63.3 cm³/mol. The number of carbonyl (C=O) groups is 1. The topological polar surface area (TPSA) is 75.9 Å². The molecule has 0 atom stereocenters. The van der Waals surface area contributed by atoms with Gasteiger partial charge >= 0.3 is 5.97 Å². The van der Waals surface area contributed by atoms with Crippen LogP contribution in [-0.4, -0.2) is 27.3 Å². The van der Waals surface area contributed by atoms with Crippen molar-refractivity contribution in [1.82, 2.24) is 9.97 Å². The van der Waals surface area contributed by atoms with E-state index in [0.29, 0.717) is 5.16 Å². The molecule has 1 heterocycles. The summed E-state index contributed by atoms with van der Waals surface area (Å²) in [5, 5.41) is 9.05. The fourth-order valence-corrected chi connectivity index (χ4v) is 1.57. The fourth-order valence-electron chi connectivity index (χ4n) is 0.967. The average molecular weight is 251 g/mol. The van der Waals surface area contributed by atoms with E-state index in [2.05, 4.69) is 9.97 Å². The van der Waals surface area contributed by atoms with Gasteiger partial charge < -0.3 is 4.74 Å². The Morgan fingerprint density at radius 3 is 2.88 bits per heavy atom. The van der Waals surface area contributed by atoms with Gasteiger partial charge in [-0.25, -0.2) is 9.97 Å². The third-order valence-corrected chi connectivity index (χ3v) is 2.32. The summed E-state index contributed by atoms with van der Waals surface area (Å²) < 4.78 is 5.14. The lowest BCUT2D eigenvalue weighted by Gasteiger charge is -2.19. The Kier molecular flexibility index (Phi) is 4.46. The summed E-state index contributed by atoms with van der Waals surface area (Å²) in [6, 6.07) is 3.42. The maximum atomic E-state index is 11.4. The van der Waals surface area contributed by atoms with Crippen molar-refractivity contribution in [3.8, 4) is 6.07 Å². The molecule has 0 unspecified atom stereocenters. The van der Waals surface area contributed by atoms with Crippen LogP contribution in [0.15, 0.2) is 17.4 Å². The number of nitrogens with zero attached hydrogens (tertiary/aromatic N) is 3. The smallest absolute Gasteiger partial charge is 0.316 e. The zero-order valence-corrected chi connectivity index (χ0v) is 10.7. The maximum Gasteiger partial charge on any atom is 0.316 e. The molecule has 0 aliphatic heterocycles. The molecule has 17 heavy (non-hydrogen) atoms. The van der Waals surface area contributed by atoms with Gasteiger partial charge in [-0.1, -0.05) is 11.8 Å². The van der Waals surface area contributed by atoms with Crippen molar-refractivity contribution >= 4 is 17.7 Å². The van der Waals surface area contributed by atoms with Crippen molar-refractivity contribution < 1.29 is 9.53 Å². The normalized spacial score (nSPS) is 10.7. The van der Waals surface area contributed by atoms with Gasteiger partial charge in [0.25, 0.3) is 0 Å². The molecule has 5 nitrogen and oxygen atoms in total. The molecule has 0 spiro atoms. The first-order chi connectivity index (χ1) is 7.90. The van der Waals surface area contributed by atoms with E-state index in [9.17, 15) is 4.79 Å². The number of rotatable bonds is 3. The third kappa shape index (κ3) is 5.31. The lowest BCUT2D eigenvalue weighted by atomic mass is 10.2. The molecular weight excluding hydrogens is 238 g/mol. The molecule has 90 valence electrons. The van der Waals surface area contributed by atoms with E-state index in [0.717, 1.165) is 11.8 Å². The van der Waals surface area contributed by atoms with Crippen molar-refractivity contribution in [2.24, 2.45) is 0 Å². The molecule has 0 saturated carbocycles. The molecule has 0 fully saturated rings. The van der Waals surface area contributed by atoms with Crippen LogP contribution in [0.3, 0.4) is 0 Å². The molecule has 0 aromatic carbocycles. The van der Waals surface area contributed by atoms with E-state index >= 15 is 0 Å². The van der Waals surface area contributed by atoms with Crippen LogP contribution in [0.4, 0.5) is 0 Å². The Morgan fingerprint density at radius 1 is 1.59 bits per heavy atom. The van der Waals surface area contributed by atoms with Gasteiger partial charge in [0.05, 0.1) is 5.75 Å². The summed E-state index contributed by atoms with van der Waals surface area (Å²) in [7, 11) is 0. The fraction of sp³-hybridized carbons (Fsp3) is 0.455. The lowest BCUT2D eigenvalue weighted by molar-refractivity contribution is -0.151. The van der Waals surface area contributed by atoms with Crippen LogP contribution in [0, 0.1) is 11.3 Å². The highest BCUT2D eigenvalue weighted by Gasteiger charge is 2.16. The van der Waals surface area contributed by atoms with Gasteiger partial charge in [0.1, 0.15) is 17.4 Å². The summed E-state index contributed by atoms with van der Waals surface area (Å²) in [5.74, 6) is -0.194. The van der Waals surface area contributed by atoms with E-state index in [4.69, 9.17) is 10.00 Å². The zero-order chi connectivity index (χ0) is 12.9. The van der Waals surface area contributed by atoms with E-state index in [-0.39, 0.29) is 17.4 Å². The molecule has 6 heteroatoms. The minimum Gasteiger partial charge on any atom is -0.459 e. The molecule has 1 rings (SSSR count). The Balaban J connectivity index is 2.51. The number of carbonyl (C=O) groups excluding carboxylic acids is 1. The third-order valence-electron chi connectivity index (χ3n) is 1.49. The van der Waals surface area contributed by atoms with Crippen molar-refractivity contribution in [1.29, 1.82) is 5.26 Å². The van der Waals surface area contributed by atoms with E-state index in [1.807, 2.05) is 26.8 Å². The first-order valence-corrected chi connectivity index (χ1v) is 5.97. The summed E-state index contributed by atoms with van der Waals surface area (Å²) in [5.41, 5.74) is -0.209. The van der Waals surface area contributed by atoms with Gasteiger partial charge in [0, 0.05) is 6.20 Å². The summed E-state index contributed by atoms with van der Waals surface area (Å²) in [6.07, 6.45) is 1.49. The average Bonchev–Trinajstić information content (AvgIpc) is 2.24. The van der Waals surface area contributed by atoms with E-state index in [1.165, 1.54) is 12.3 Å². The Labute approximate surface area is 104 Å². The summed E-state index contributed by atoms with van der Waals surface area (Å²) >= 11 is 1.15. The number of nitriles is 1. The van der Waals surface area contributed by atoms with Crippen molar-refractivity contribution in [3.05, 3.63) is 18.0 Å². The highest BCUT2D eigenvalue weighted by molar-refractivity contribution is 7.99. The van der Waals surface area contributed by atoms with Gasteiger partial charge in [0.2, 0.25) is 0 Å². The van der Waals surface area contributed by atoms with Crippen LogP contribution in [0.1, 0.15) is 26.5 Å². The monoisotopic (exact) mass is 251 g/mol. The van der Waals surface area contributed by atoms with Crippen LogP contribution in [0.2, 0.25) is 0 Å². The molecule has 0 bridgehead atoms. The van der Waals surface area contributed by atoms with Crippen LogP contribution in [-0.2, 0) is 9.53 Å². The Bertz CT molecular complexity index is 449. The summed E-state index contributed by atoms with van der Waals surface area (Å²) in [6.45, 7) is 5.42. The second-order valence-corrected chi connectivity index (χ2v) is 5.15. The van der Waals surface area contributed by atoms with Gasteiger partial charge in [-0.3, -0.25) is 4.79 Å². The molecule has 0 aliphatic rings. The zero-order valence-electron chi connectivity index (χ0n) is 9.93. The van der Waals surface area contributed by atoms with Crippen molar-refractivity contribution in [2.45, 2.75) is 31.5 Å². The Morgan fingerprint density at radius 2 is 2.29 bits per heavy atom. The van der Waals surface area contributed by atoms with Crippen LogP contribution in [0.5, 0.6) is 0 Å². The Hall–Kier alpha value is -1.61. The number of esters is 1. The summed E-state index contributed by atoms with van der Waals surface area (Å²) in [4.78, 5) is 19.3. The molecular formula is C11H13N3O2S. The van der Waals surface area contributed by atoms with Crippen molar-refractivity contribution in [3.63, 3.8) is 0 Å². The molecule has 0 radical (unpaired) electrons. The van der Waals surface area contributed by atoms with E-state index in [1.54, 1.807) is 0 Å². The molecule has 0 N–H and O–H groups in total. The maximum absolute atomic E-state index is 11.4. The quantitative estimate of drug-likeness (QED) is 0.463. The van der Waals surface area contributed by atoms with Crippen LogP contribution >= 0.6 is 11.8 Å². The van der Waals surface area contributed by atoms with Crippen LogP contribution in [0.25, 0.3) is 0 Å². The molecule has 1 aromatic heterocycles. The highest BCUT2D eigenvalue weighted by Crippen LogP contribution is 2.15. The van der Waals surface area contributed by atoms with Gasteiger partial charge in [0.15, 0.2) is 5.16 Å².